The molecule has 3 aromatic carbocycles. The molecule has 1 aliphatic carbocycles. The number of rotatable bonds is 3. The summed E-state index contributed by atoms with van der Waals surface area (Å²) < 4.78 is 30.9. The molecule has 8 nitrogen and oxygen atoms in total. The third-order valence-electron chi connectivity index (χ3n) is 6.58. The molecule has 1 aromatic heterocycles. The maximum Gasteiger partial charge on any atom is 0.286 e. The molecule has 1 aliphatic heterocycles. The number of fused-ring (bicyclic) bond motifs is 3. The van der Waals surface area contributed by atoms with Gasteiger partial charge in [0.1, 0.15) is 16.2 Å². The number of sulfonamides is 1. The molecule has 0 fully saturated rings. The Hall–Kier alpha value is -4.11. The van der Waals surface area contributed by atoms with Crippen molar-refractivity contribution in [1.82, 2.24) is 4.68 Å². The summed E-state index contributed by atoms with van der Waals surface area (Å²) >= 11 is 0. The first-order valence-corrected chi connectivity index (χ1v) is 12.8. The molecule has 9 heteroatoms. The lowest BCUT2D eigenvalue weighted by molar-refractivity contribution is 0.477. The highest BCUT2D eigenvalue weighted by atomic mass is 32.2. The summed E-state index contributed by atoms with van der Waals surface area (Å²) in [5.74, 6) is -0.528. The third-order valence-corrected chi connectivity index (χ3v) is 7.91. The van der Waals surface area contributed by atoms with Crippen molar-refractivity contribution in [3.8, 4) is 5.75 Å². The number of hydrogen-bond donors (Lipinski definition) is 3. The Kier molecular flexibility index (Phi) is 4.89. The molecule has 176 valence electrons. The van der Waals surface area contributed by atoms with Crippen LogP contribution in [-0.2, 0) is 22.9 Å². The molecule has 4 aromatic rings. The number of amidine groups is 1. The van der Waals surface area contributed by atoms with Gasteiger partial charge in [-0.3, -0.25) is 4.79 Å². The van der Waals surface area contributed by atoms with Crippen LogP contribution in [0.5, 0.6) is 5.75 Å². The number of pyridine rings is 1. The van der Waals surface area contributed by atoms with Gasteiger partial charge in [0.25, 0.3) is 15.6 Å². The quantitative estimate of drug-likeness (QED) is 0.409. The van der Waals surface area contributed by atoms with Gasteiger partial charge in [-0.15, -0.1) is 4.40 Å². The van der Waals surface area contributed by atoms with Gasteiger partial charge in [0.2, 0.25) is 0 Å². The molecule has 1 atom stereocenters. The molecule has 0 amide bonds. The summed E-state index contributed by atoms with van der Waals surface area (Å²) in [6, 6.07) is 21.5. The molecule has 2 aliphatic rings. The lowest BCUT2D eigenvalue weighted by atomic mass is 9.89. The number of para-hydroxylation sites is 2. The Morgan fingerprint density at radius 2 is 1.69 bits per heavy atom. The zero-order valence-corrected chi connectivity index (χ0v) is 19.4. The number of aromatic nitrogens is 1. The number of anilines is 1. The highest BCUT2D eigenvalue weighted by Gasteiger charge is 2.30. The van der Waals surface area contributed by atoms with Gasteiger partial charge in [-0.2, -0.15) is 8.42 Å². The van der Waals surface area contributed by atoms with E-state index in [1.807, 2.05) is 12.1 Å². The van der Waals surface area contributed by atoms with E-state index in [1.54, 1.807) is 42.5 Å². The molecule has 0 bridgehead atoms. The van der Waals surface area contributed by atoms with Gasteiger partial charge < -0.3 is 15.8 Å². The molecular formula is C26H22N4O4S. The summed E-state index contributed by atoms with van der Waals surface area (Å²) in [6.07, 6.45) is 2.46. The summed E-state index contributed by atoms with van der Waals surface area (Å²) in [7, 11) is -4.05. The Bertz CT molecular complexity index is 1690. The van der Waals surface area contributed by atoms with E-state index in [0.717, 1.165) is 19.3 Å². The van der Waals surface area contributed by atoms with Gasteiger partial charge in [0, 0.05) is 11.4 Å². The van der Waals surface area contributed by atoms with Crippen molar-refractivity contribution in [2.24, 2.45) is 4.40 Å². The predicted molar refractivity (Wildman–Crippen MR) is 135 cm³/mol. The normalized spacial score (nSPS) is 18.2. The molecule has 35 heavy (non-hydrogen) atoms. The van der Waals surface area contributed by atoms with Crippen molar-refractivity contribution in [2.75, 3.05) is 10.7 Å². The smallest absolute Gasteiger partial charge is 0.286 e. The van der Waals surface area contributed by atoms with E-state index >= 15 is 0 Å². The lowest BCUT2D eigenvalue weighted by Crippen LogP contribution is -2.41. The second-order valence-electron chi connectivity index (χ2n) is 8.75. The molecule has 1 unspecified atom stereocenters. The van der Waals surface area contributed by atoms with Gasteiger partial charge >= 0.3 is 0 Å². The van der Waals surface area contributed by atoms with Crippen molar-refractivity contribution >= 4 is 32.4 Å². The van der Waals surface area contributed by atoms with Gasteiger partial charge in [-0.1, -0.05) is 48.5 Å². The van der Waals surface area contributed by atoms with Crippen LogP contribution in [0.1, 0.15) is 23.1 Å². The van der Waals surface area contributed by atoms with Crippen LogP contribution in [0.25, 0.3) is 10.9 Å². The fourth-order valence-corrected chi connectivity index (χ4v) is 6.00. The van der Waals surface area contributed by atoms with Crippen molar-refractivity contribution < 1.29 is 13.5 Å². The molecule has 0 saturated carbocycles. The summed E-state index contributed by atoms with van der Waals surface area (Å²) in [6.45, 7) is 0. The second-order valence-corrected chi connectivity index (χ2v) is 10.3. The number of hydrogen-bond acceptors (Lipinski definition) is 6. The SMILES string of the molecule is O=c1c(C2=NS(=O)(=O)c3ccccc3N2)c(O)c2ccccc2n1NC1CCc2ccccc2C1. The van der Waals surface area contributed by atoms with E-state index in [2.05, 4.69) is 27.3 Å². The second kappa shape index (κ2) is 7.99. The van der Waals surface area contributed by atoms with E-state index in [0.29, 0.717) is 16.6 Å². The van der Waals surface area contributed by atoms with E-state index in [-0.39, 0.29) is 28.1 Å². The Balaban J connectivity index is 1.49. The van der Waals surface area contributed by atoms with Crippen molar-refractivity contribution in [3.63, 3.8) is 0 Å². The van der Waals surface area contributed by atoms with Crippen LogP contribution in [-0.4, -0.2) is 30.1 Å². The Morgan fingerprint density at radius 1 is 0.971 bits per heavy atom. The van der Waals surface area contributed by atoms with Gasteiger partial charge in [0.15, 0.2) is 5.84 Å². The first-order chi connectivity index (χ1) is 16.9. The molecule has 0 saturated heterocycles. The molecular weight excluding hydrogens is 464 g/mol. The van der Waals surface area contributed by atoms with E-state index in [9.17, 15) is 18.3 Å². The van der Waals surface area contributed by atoms with Crippen LogP contribution < -0.4 is 16.3 Å². The summed E-state index contributed by atoms with van der Waals surface area (Å²) in [5.41, 5.74) is 5.89. The third kappa shape index (κ3) is 3.55. The van der Waals surface area contributed by atoms with Crippen LogP contribution in [0.2, 0.25) is 0 Å². The number of benzene rings is 3. The van der Waals surface area contributed by atoms with Crippen molar-refractivity contribution in [2.45, 2.75) is 30.2 Å². The summed E-state index contributed by atoms with van der Waals surface area (Å²) in [4.78, 5) is 13.8. The lowest BCUT2D eigenvalue weighted by Gasteiger charge is -2.28. The number of nitrogens with zero attached hydrogens (tertiary/aromatic N) is 2. The van der Waals surface area contributed by atoms with E-state index < -0.39 is 15.6 Å². The maximum absolute atomic E-state index is 13.8. The first-order valence-electron chi connectivity index (χ1n) is 11.3. The van der Waals surface area contributed by atoms with Gasteiger partial charge in [-0.25, -0.2) is 4.68 Å². The first kappa shape index (κ1) is 21.4. The van der Waals surface area contributed by atoms with Crippen LogP contribution in [0.15, 0.2) is 86.9 Å². The van der Waals surface area contributed by atoms with Crippen LogP contribution in [0.4, 0.5) is 5.69 Å². The molecule has 0 spiro atoms. The molecule has 6 rings (SSSR count). The Morgan fingerprint density at radius 3 is 2.54 bits per heavy atom. The highest BCUT2D eigenvalue weighted by molar-refractivity contribution is 7.90. The van der Waals surface area contributed by atoms with Crippen LogP contribution in [0, 0.1) is 0 Å². The maximum atomic E-state index is 13.8. The topological polar surface area (TPSA) is 113 Å². The molecule has 3 N–H and O–H groups in total. The largest absolute Gasteiger partial charge is 0.506 e. The van der Waals surface area contributed by atoms with Crippen LogP contribution >= 0.6 is 0 Å². The number of aryl methyl sites for hydroxylation is 1. The fourth-order valence-electron chi connectivity index (χ4n) is 4.88. The molecule has 2 heterocycles. The fraction of sp³-hybridized carbons (Fsp3) is 0.154. The Labute approximate surface area is 201 Å². The van der Waals surface area contributed by atoms with Gasteiger partial charge in [-0.05, 0) is 54.7 Å². The number of nitrogens with one attached hydrogen (secondary N) is 2. The number of aromatic hydroxyl groups is 1. The minimum absolute atomic E-state index is 0.0170. The average molecular weight is 487 g/mol. The highest BCUT2D eigenvalue weighted by Crippen LogP contribution is 2.32. The zero-order chi connectivity index (χ0) is 24.2. The van der Waals surface area contributed by atoms with Crippen molar-refractivity contribution in [1.29, 1.82) is 0 Å². The van der Waals surface area contributed by atoms with Gasteiger partial charge in [0.05, 0.1) is 11.2 Å². The summed E-state index contributed by atoms with van der Waals surface area (Å²) in [5, 5.41) is 14.4. The predicted octanol–water partition coefficient (Wildman–Crippen LogP) is 3.37. The minimum Gasteiger partial charge on any atom is -0.506 e. The monoisotopic (exact) mass is 486 g/mol. The molecule has 0 radical (unpaired) electrons. The standard InChI is InChI=1S/C26H22N4O4S/c31-24-19-9-3-5-11-21(19)30(28-18-14-13-16-7-1-2-8-17(16)15-18)26(32)23(24)25-27-20-10-4-6-12-22(20)35(33,34)29-25/h1-12,18,28,31H,13-15H2,(H,27,29). The van der Waals surface area contributed by atoms with E-state index in [4.69, 9.17) is 0 Å². The van der Waals surface area contributed by atoms with Crippen molar-refractivity contribution in [3.05, 3.63) is 99.8 Å². The minimum atomic E-state index is -4.05. The average Bonchev–Trinajstić information content (AvgIpc) is 2.86. The van der Waals surface area contributed by atoms with E-state index in [1.165, 1.54) is 21.9 Å². The zero-order valence-electron chi connectivity index (χ0n) is 18.6. The van der Waals surface area contributed by atoms with Crippen LogP contribution in [0.3, 0.4) is 0 Å².